The van der Waals surface area contributed by atoms with Crippen LogP contribution in [0.4, 0.5) is 0 Å². The summed E-state index contributed by atoms with van der Waals surface area (Å²) in [6.45, 7) is 7.46. The number of likely N-dealkylation sites (tertiary alicyclic amines) is 1. The quantitative estimate of drug-likeness (QED) is 0.237. The fraction of sp³-hybridized carbons (Fsp3) is 0.579. The fourth-order valence-electron chi connectivity index (χ4n) is 3.58. The number of hydrogen-bond acceptors (Lipinski definition) is 4. The summed E-state index contributed by atoms with van der Waals surface area (Å²) >= 11 is 0. The zero-order valence-electron chi connectivity index (χ0n) is 17.7. The molecule has 11 heteroatoms. The van der Waals surface area contributed by atoms with E-state index in [1.165, 1.54) is 0 Å². The van der Waals surface area contributed by atoms with Crippen LogP contribution < -0.4 is 10.0 Å². The van der Waals surface area contributed by atoms with Crippen molar-refractivity contribution in [2.45, 2.75) is 31.2 Å². The number of aliphatic imine (C=N–C) groups is 1. The number of imidazole rings is 1. The van der Waals surface area contributed by atoms with Gasteiger partial charge in [0.05, 0.1) is 23.8 Å². The SMILES string of the molecule is CCNC(=NCCNS(=O)(=O)c1ccn(C)c1)N1CCC(C)C(n2ccnc2)C1.I. The molecule has 1 aliphatic heterocycles. The van der Waals surface area contributed by atoms with Crippen LogP contribution in [0.3, 0.4) is 0 Å². The van der Waals surface area contributed by atoms with Crippen LogP contribution in [-0.2, 0) is 17.1 Å². The number of aromatic nitrogens is 3. The molecule has 1 fully saturated rings. The monoisotopic (exact) mass is 549 g/mol. The molecule has 0 radical (unpaired) electrons. The second kappa shape index (κ2) is 11.1. The first-order valence-corrected chi connectivity index (χ1v) is 11.5. The summed E-state index contributed by atoms with van der Waals surface area (Å²) in [7, 11) is -1.71. The van der Waals surface area contributed by atoms with Crippen LogP contribution in [0.1, 0.15) is 26.3 Å². The third-order valence-electron chi connectivity index (χ3n) is 5.24. The van der Waals surface area contributed by atoms with E-state index in [9.17, 15) is 8.42 Å². The van der Waals surface area contributed by atoms with Gasteiger partial charge in [-0.05, 0) is 25.3 Å². The molecule has 2 N–H and O–H groups in total. The molecule has 9 nitrogen and oxygen atoms in total. The molecule has 2 unspecified atom stereocenters. The van der Waals surface area contributed by atoms with Crippen molar-refractivity contribution in [3.63, 3.8) is 0 Å². The minimum absolute atomic E-state index is 0. The minimum Gasteiger partial charge on any atom is -0.357 e. The van der Waals surface area contributed by atoms with Crippen molar-refractivity contribution >= 4 is 40.0 Å². The highest BCUT2D eigenvalue weighted by molar-refractivity contribution is 14.0. The fourth-order valence-corrected chi connectivity index (χ4v) is 4.65. The van der Waals surface area contributed by atoms with E-state index in [2.05, 4.69) is 36.4 Å². The van der Waals surface area contributed by atoms with Crippen molar-refractivity contribution in [2.24, 2.45) is 18.0 Å². The summed E-state index contributed by atoms with van der Waals surface area (Å²) in [6.07, 6.45) is 10.0. The lowest BCUT2D eigenvalue weighted by Gasteiger charge is -2.39. The van der Waals surface area contributed by atoms with Crippen LogP contribution in [-0.4, -0.2) is 66.1 Å². The Labute approximate surface area is 196 Å². The number of rotatable bonds is 7. The highest BCUT2D eigenvalue weighted by atomic mass is 127. The lowest BCUT2D eigenvalue weighted by atomic mass is 9.93. The van der Waals surface area contributed by atoms with Gasteiger partial charge in [0.15, 0.2) is 5.96 Å². The Kier molecular flexibility index (Phi) is 9.16. The molecule has 3 heterocycles. The summed E-state index contributed by atoms with van der Waals surface area (Å²) < 4.78 is 31.1. The third kappa shape index (κ3) is 6.20. The number of piperidine rings is 1. The molecule has 1 saturated heterocycles. The Morgan fingerprint density at radius 2 is 2.17 bits per heavy atom. The molecular formula is C19H32IN7O2S. The highest BCUT2D eigenvalue weighted by Gasteiger charge is 2.28. The topological polar surface area (TPSA) is 96.5 Å². The van der Waals surface area contributed by atoms with Gasteiger partial charge in [0, 0.05) is 58.0 Å². The summed E-state index contributed by atoms with van der Waals surface area (Å²) in [4.78, 5) is 11.4. The van der Waals surface area contributed by atoms with Gasteiger partial charge in [-0.25, -0.2) is 18.1 Å². The molecule has 2 aromatic rings. The van der Waals surface area contributed by atoms with E-state index in [-0.39, 0.29) is 35.4 Å². The standard InChI is InChI=1S/C19H31N7O2S.HI/c1-4-21-19(22-7-8-23-29(27,28)17-6-10-24(3)13-17)25-11-5-16(2)18(14-25)26-12-9-20-15-26;/h6,9-10,12-13,15-16,18,23H,4-5,7-8,11,14H2,1-3H3,(H,21,22);1H. The molecule has 168 valence electrons. The van der Waals surface area contributed by atoms with Crippen molar-refractivity contribution in [3.05, 3.63) is 37.2 Å². The first-order chi connectivity index (χ1) is 13.9. The number of hydrogen-bond donors (Lipinski definition) is 2. The Morgan fingerprint density at radius 3 is 2.80 bits per heavy atom. The van der Waals surface area contributed by atoms with E-state index in [1.807, 2.05) is 25.6 Å². The summed E-state index contributed by atoms with van der Waals surface area (Å²) in [5.74, 6) is 1.38. The van der Waals surface area contributed by atoms with Crippen LogP contribution >= 0.6 is 24.0 Å². The van der Waals surface area contributed by atoms with Gasteiger partial charge >= 0.3 is 0 Å². The van der Waals surface area contributed by atoms with E-state index in [4.69, 9.17) is 0 Å². The molecule has 30 heavy (non-hydrogen) atoms. The van der Waals surface area contributed by atoms with Crippen molar-refractivity contribution in [1.82, 2.24) is 29.1 Å². The molecule has 0 amide bonds. The zero-order valence-corrected chi connectivity index (χ0v) is 20.9. The average Bonchev–Trinajstić information content (AvgIpc) is 3.37. The molecule has 0 bridgehead atoms. The number of halogens is 1. The van der Waals surface area contributed by atoms with Gasteiger partial charge in [0.2, 0.25) is 10.0 Å². The molecule has 1 aliphatic rings. The van der Waals surface area contributed by atoms with Crippen LogP contribution in [0.2, 0.25) is 0 Å². The van der Waals surface area contributed by atoms with Gasteiger partial charge in [0.25, 0.3) is 0 Å². The van der Waals surface area contributed by atoms with E-state index in [0.717, 1.165) is 32.0 Å². The predicted octanol–water partition coefficient (Wildman–Crippen LogP) is 1.67. The normalized spacial score (nSPS) is 20.1. The summed E-state index contributed by atoms with van der Waals surface area (Å²) in [5, 5.41) is 3.34. The smallest absolute Gasteiger partial charge is 0.242 e. The average molecular weight is 549 g/mol. The van der Waals surface area contributed by atoms with Crippen molar-refractivity contribution in [2.75, 3.05) is 32.7 Å². The second-order valence-corrected chi connectivity index (χ2v) is 9.20. The lowest BCUT2D eigenvalue weighted by Crippen LogP contribution is -2.49. The van der Waals surface area contributed by atoms with E-state index < -0.39 is 10.0 Å². The molecule has 2 aromatic heterocycles. The van der Waals surface area contributed by atoms with E-state index in [0.29, 0.717) is 18.5 Å². The van der Waals surface area contributed by atoms with Gasteiger partial charge in [-0.2, -0.15) is 0 Å². The zero-order chi connectivity index (χ0) is 20.9. The third-order valence-corrected chi connectivity index (χ3v) is 6.69. The number of guanidine groups is 1. The maximum Gasteiger partial charge on any atom is 0.242 e. The maximum absolute atomic E-state index is 12.3. The van der Waals surface area contributed by atoms with E-state index >= 15 is 0 Å². The Bertz CT molecular complexity index is 911. The van der Waals surface area contributed by atoms with Crippen LogP contribution in [0.5, 0.6) is 0 Å². The maximum atomic E-state index is 12.3. The Balaban J connectivity index is 0.00000320. The van der Waals surface area contributed by atoms with Gasteiger partial charge in [-0.3, -0.25) is 4.99 Å². The number of sulfonamides is 1. The molecule has 2 atom stereocenters. The lowest BCUT2D eigenvalue weighted by molar-refractivity contribution is 0.189. The Morgan fingerprint density at radius 1 is 1.37 bits per heavy atom. The number of nitrogens with zero attached hydrogens (tertiary/aromatic N) is 5. The highest BCUT2D eigenvalue weighted by Crippen LogP contribution is 2.27. The largest absolute Gasteiger partial charge is 0.357 e. The van der Waals surface area contributed by atoms with Crippen molar-refractivity contribution < 1.29 is 8.42 Å². The minimum atomic E-state index is -3.50. The molecule has 0 saturated carbocycles. The summed E-state index contributed by atoms with van der Waals surface area (Å²) in [6, 6.07) is 1.92. The van der Waals surface area contributed by atoms with E-state index in [1.54, 1.807) is 30.1 Å². The number of aryl methyl sites for hydroxylation is 1. The molecule has 0 aliphatic carbocycles. The van der Waals surface area contributed by atoms with Gasteiger partial charge in [0.1, 0.15) is 0 Å². The first-order valence-electron chi connectivity index (χ1n) is 10.0. The summed E-state index contributed by atoms with van der Waals surface area (Å²) in [5.41, 5.74) is 0. The molecule has 0 spiro atoms. The predicted molar refractivity (Wildman–Crippen MR) is 129 cm³/mol. The molecule has 3 rings (SSSR count). The van der Waals surface area contributed by atoms with Gasteiger partial charge in [-0.1, -0.05) is 6.92 Å². The van der Waals surface area contributed by atoms with Crippen LogP contribution in [0, 0.1) is 5.92 Å². The van der Waals surface area contributed by atoms with Crippen molar-refractivity contribution in [1.29, 1.82) is 0 Å². The second-order valence-electron chi connectivity index (χ2n) is 7.44. The molecule has 0 aromatic carbocycles. The Hall–Kier alpha value is -1.60. The van der Waals surface area contributed by atoms with Crippen molar-refractivity contribution in [3.8, 4) is 0 Å². The van der Waals surface area contributed by atoms with Crippen LogP contribution in [0.25, 0.3) is 0 Å². The molecular weight excluding hydrogens is 517 g/mol. The number of nitrogens with one attached hydrogen (secondary N) is 2. The van der Waals surface area contributed by atoms with Gasteiger partial charge < -0.3 is 19.4 Å². The first kappa shape index (κ1) is 24.7. The van der Waals surface area contributed by atoms with Crippen LogP contribution in [0.15, 0.2) is 47.1 Å². The van der Waals surface area contributed by atoms with Gasteiger partial charge in [-0.15, -0.1) is 24.0 Å².